The molecule has 7 heteroatoms. The number of carboxylic acids is 1. The number of carbonyl (C=O) groups is 1. The first kappa shape index (κ1) is 20.4. The number of ether oxygens (including phenoxy) is 1. The predicted molar refractivity (Wildman–Crippen MR) is 111 cm³/mol. The molecule has 6 nitrogen and oxygen atoms in total. The van der Waals surface area contributed by atoms with Crippen molar-refractivity contribution in [2.75, 3.05) is 4.72 Å². The molecule has 0 spiro atoms. The first-order valence-corrected chi connectivity index (χ1v) is 10.5. The first-order chi connectivity index (χ1) is 13.9. The molecule has 3 aromatic rings. The van der Waals surface area contributed by atoms with Crippen molar-refractivity contribution >= 4 is 21.7 Å². The summed E-state index contributed by atoms with van der Waals surface area (Å²) in [6, 6.07) is 19.8. The van der Waals surface area contributed by atoms with Crippen molar-refractivity contribution in [1.29, 1.82) is 0 Å². The Morgan fingerprint density at radius 3 is 2.24 bits per heavy atom. The maximum atomic E-state index is 12.7. The Morgan fingerprint density at radius 1 is 0.966 bits per heavy atom. The fourth-order valence-electron chi connectivity index (χ4n) is 2.70. The standard InChI is InChI=1S/C22H21NO5S/c1-2-16-10-13-20(23-29(26,27)19-6-4-3-5-7-19)21(14-16)28-15-17-8-11-18(12-9-17)22(24)25/h3-14,23H,2,15H2,1H3,(H,24,25). The molecule has 0 saturated carbocycles. The number of carboxylic acid groups (broad SMARTS) is 1. The Bertz CT molecular complexity index is 1090. The average molecular weight is 411 g/mol. The van der Waals surface area contributed by atoms with E-state index in [0.29, 0.717) is 11.4 Å². The molecule has 0 radical (unpaired) electrons. The second-order valence-corrected chi connectivity index (χ2v) is 8.08. The fourth-order valence-corrected chi connectivity index (χ4v) is 3.79. The molecule has 3 aromatic carbocycles. The van der Waals surface area contributed by atoms with E-state index in [-0.39, 0.29) is 17.1 Å². The highest BCUT2D eigenvalue weighted by molar-refractivity contribution is 7.92. The quantitative estimate of drug-likeness (QED) is 0.576. The van der Waals surface area contributed by atoms with Crippen molar-refractivity contribution in [3.63, 3.8) is 0 Å². The molecule has 0 aliphatic rings. The zero-order valence-corrected chi connectivity index (χ0v) is 16.6. The van der Waals surface area contributed by atoms with Crippen molar-refractivity contribution < 1.29 is 23.1 Å². The molecule has 29 heavy (non-hydrogen) atoms. The summed E-state index contributed by atoms with van der Waals surface area (Å²) in [6.45, 7) is 2.17. The zero-order valence-electron chi connectivity index (χ0n) is 15.8. The molecule has 0 amide bonds. The Labute approximate surface area is 169 Å². The minimum absolute atomic E-state index is 0.162. The highest BCUT2D eigenvalue weighted by atomic mass is 32.2. The monoisotopic (exact) mass is 411 g/mol. The Kier molecular flexibility index (Phi) is 6.19. The van der Waals surface area contributed by atoms with Crippen LogP contribution in [0.2, 0.25) is 0 Å². The SMILES string of the molecule is CCc1ccc(NS(=O)(=O)c2ccccc2)c(OCc2ccc(C(=O)O)cc2)c1. The third-order valence-corrected chi connectivity index (χ3v) is 5.73. The van der Waals surface area contributed by atoms with E-state index in [1.807, 2.05) is 13.0 Å². The van der Waals surface area contributed by atoms with Gasteiger partial charge in [-0.25, -0.2) is 13.2 Å². The second-order valence-electron chi connectivity index (χ2n) is 6.39. The lowest BCUT2D eigenvalue weighted by molar-refractivity contribution is 0.0697. The van der Waals surface area contributed by atoms with Crippen LogP contribution in [-0.4, -0.2) is 19.5 Å². The van der Waals surface area contributed by atoms with Crippen LogP contribution in [0.1, 0.15) is 28.4 Å². The van der Waals surface area contributed by atoms with Crippen LogP contribution in [0.4, 0.5) is 5.69 Å². The van der Waals surface area contributed by atoms with Crippen LogP contribution in [0.25, 0.3) is 0 Å². The van der Waals surface area contributed by atoms with Crippen molar-refractivity contribution in [2.24, 2.45) is 0 Å². The van der Waals surface area contributed by atoms with Crippen LogP contribution in [0.3, 0.4) is 0 Å². The van der Waals surface area contributed by atoms with Gasteiger partial charge in [-0.1, -0.05) is 43.3 Å². The molecule has 150 valence electrons. The lowest BCUT2D eigenvalue weighted by Gasteiger charge is -2.15. The molecule has 0 fully saturated rings. The van der Waals surface area contributed by atoms with E-state index >= 15 is 0 Å². The van der Waals surface area contributed by atoms with Crippen LogP contribution >= 0.6 is 0 Å². The molecule has 0 atom stereocenters. The Hall–Kier alpha value is -3.32. The van der Waals surface area contributed by atoms with Crippen molar-refractivity contribution in [2.45, 2.75) is 24.8 Å². The van der Waals surface area contributed by atoms with Gasteiger partial charge in [-0.15, -0.1) is 0 Å². The number of rotatable bonds is 8. The van der Waals surface area contributed by atoms with Gasteiger partial charge < -0.3 is 9.84 Å². The van der Waals surface area contributed by atoms with Gasteiger partial charge in [0, 0.05) is 0 Å². The third-order valence-electron chi connectivity index (χ3n) is 4.35. The molecule has 0 aliphatic carbocycles. The topological polar surface area (TPSA) is 92.7 Å². The maximum Gasteiger partial charge on any atom is 0.335 e. The molecule has 0 aliphatic heterocycles. The normalized spacial score (nSPS) is 11.1. The largest absolute Gasteiger partial charge is 0.487 e. The number of hydrogen-bond acceptors (Lipinski definition) is 4. The number of hydrogen-bond donors (Lipinski definition) is 2. The van der Waals surface area contributed by atoms with E-state index in [1.165, 1.54) is 24.3 Å². The van der Waals surface area contributed by atoms with E-state index in [0.717, 1.165) is 17.5 Å². The Balaban J connectivity index is 1.83. The van der Waals surface area contributed by atoms with Gasteiger partial charge in [0.2, 0.25) is 0 Å². The van der Waals surface area contributed by atoms with E-state index in [1.54, 1.807) is 42.5 Å². The number of anilines is 1. The molecule has 0 aromatic heterocycles. The summed E-state index contributed by atoms with van der Waals surface area (Å²) in [6.07, 6.45) is 0.773. The third kappa shape index (κ3) is 5.14. The summed E-state index contributed by atoms with van der Waals surface area (Å²) >= 11 is 0. The van der Waals surface area contributed by atoms with Crippen molar-refractivity contribution in [3.8, 4) is 5.75 Å². The number of sulfonamides is 1. The minimum atomic E-state index is -3.75. The molecule has 0 heterocycles. The van der Waals surface area contributed by atoms with Gasteiger partial charge in [-0.05, 0) is 53.9 Å². The van der Waals surface area contributed by atoms with Gasteiger partial charge >= 0.3 is 5.97 Å². The van der Waals surface area contributed by atoms with E-state index < -0.39 is 16.0 Å². The Morgan fingerprint density at radius 2 is 1.62 bits per heavy atom. The van der Waals surface area contributed by atoms with Crippen molar-refractivity contribution in [3.05, 3.63) is 89.5 Å². The van der Waals surface area contributed by atoms with Gasteiger partial charge in [0.05, 0.1) is 16.1 Å². The van der Waals surface area contributed by atoms with Gasteiger partial charge in [0.15, 0.2) is 0 Å². The second kappa shape index (κ2) is 8.79. The van der Waals surface area contributed by atoms with Gasteiger partial charge in [0.25, 0.3) is 10.0 Å². The summed E-state index contributed by atoms with van der Waals surface area (Å²) in [5, 5.41) is 8.98. The van der Waals surface area contributed by atoms with Crippen LogP contribution < -0.4 is 9.46 Å². The lowest BCUT2D eigenvalue weighted by atomic mass is 10.1. The summed E-state index contributed by atoms with van der Waals surface area (Å²) in [5.74, 6) is -0.586. The number of aromatic carboxylic acids is 1. The average Bonchev–Trinajstić information content (AvgIpc) is 2.73. The predicted octanol–water partition coefficient (Wildman–Crippen LogP) is 4.33. The number of nitrogens with one attached hydrogen (secondary N) is 1. The maximum absolute atomic E-state index is 12.7. The zero-order chi connectivity index (χ0) is 20.9. The molecule has 3 rings (SSSR count). The molecular weight excluding hydrogens is 390 g/mol. The lowest BCUT2D eigenvalue weighted by Crippen LogP contribution is -2.14. The summed E-state index contributed by atoms with van der Waals surface area (Å²) in [7, 11) is -3.75. The molecule has 0 bridgehead atoms. The van der Waals surface area contributed by atoms with Gasteiger partial charge in [-0.2, -0.15) is 0 Å². The van der Waals surface area contributed by atoms with E-state index in [9.17, 15) is 13.2 Å². The van der Waals surface area contributed by atoms with Crippen molar-refractivity contribution in [1.82, 2.24) is 0 Å². The van der Waals surface area contributed by atoms with Crippen LogP contribution in [0.15, 0.2) is 77.7 Å². The molecular formula is C22H21NO5S. The molecule has 0 saturated heterocycles. The van der Waals surface area contributed by atoms with Gasteiger partial charge in [-0.3, -0.25) is 4.72 Å². The van der Waals surface area contributed by atoms with E-state index in [4.69, 9.17) is 9.84 Å². The number of benzene rings is 3. The molecule has 2 N–H and O–H groups in total. The van der Waals surface area contributed by atoms with Crippen LogP contribution in [-0.2, 0) is 23.1 Å². The van der Waals surface area contributed by atoms with Crippen LogP contribution in [0, 0.1) is 0 Å². The summed E-state index contributed by atoms with van der Waals surface area (Å²) in [5.41, 5.74) is 2.31. The smallest absolute Gasteiger partial charge is 0.335 e. The summed E-state index contributed by atoms with van der Waals surface area (Å²) in [4.78, 5) is 11.1. The minimum Gasteiger partial charge on any atom is -0.487 e. The van der Waals surface area contributed by atoms with Gasteiger partial charge in [0.1, 0.15) is 12.4 Å². The summed E-state index contributed by atoms with van der Waals surface area (Å²) < 4.78 is 33.8. The fraction of sp³-hybridized carbons (Fsp3) is 0.136. The highest BCUT2D eigenvalue weighted by Crippen LogP contribution is 2.29. The van der Waals surface area contributed by atoms with E-state index in [2.05, 4.69) is 4.72 Å². The number of aryl methyl sites for hydroxylation is 1. The van der Waals surface area contributed by atoms with Crippen LogP contribution in [0.5, 0.6) is 5.75 Å². The highest BCUT2D eigenvalue weighted by Gasteiger charge is 2.16. The first-order valence-electron chi connectivity index (χ1n) is 9.05. The molecule has 0 unspecified atom stereocenters.